The van der Waals surface area contributed by atoms with Gasteiger partial charge in [0.1, 0.15) is 0 Å². The third-order valence-corrected chi connectivity index (χ3v) is 2.74. The highest BCUT2D eigenvalue weighted by Crippen LogP contribution is 2.09. The third-order valence-electron chi connectivity index (χ3n) is 2.74. The Labute approximate surface area is 91.5 Å². The van der Waals surface area contributed by atoms with Gasteiger partial charge in [-0.15, -0.1) is 0 Å². The first-order valence-corrected chi connectivity index (χ1v) is 6.23. The van der Waals surface area contributed by atoms with Gasteiger partial charge in [-0.05, 0) is 24.7 Å². The van der Waals surface area contributed by atoms with Gasteiger partial charge in [0.2, 0.25) is 0 Å². The van der Waals surface area contributed by atoms with Gasteiger partial charge in [-0.1, -0.05) is 54.4 Å². The number of nitrogens with two attached hydrogens (primary N) is 1. The smallest absolute Gasteiger partial charge is 0.00387 e. The lowest BCUT2D eigenvalue weighted by molar-refractivity contribution is 0.445. The van der Waals surface area contributed by atoms with E-state index in [-0.39, 0.29) is 0 Å². The molecule has 0 aromatic rings. The van der Waals surface area contributed by atoms with Crippen molar-refractivity contribution in [2.24, 2.45) is 17.6 Å². The molecule has 2 atom stereocenters. The van der Waals surface area contributed by atoms with Crippen LogP contribution < -0.4 is 5.73 Å². The van der Waals surface area contributed by atoms with Crippen LogP contribution in [-0.2, 0) is 0 Å². The first-order chi connectivity index (χ1) is 6.47. The van der Waals surface area contributed by atoms with Gasteiger partial charge in [0.25, 0.3) is 0 Å². The second kappa shape index (κ2) is 11.0. The van der Waals surface area contributed by atoms with Crippen LogP contribution in [0, 0.1) is 11.8 Å². The zero-order chi connectivity index (χ0) is 11.6. The highest BCUT2D eigenvalue weighted by molar-refractivity contribution is 4.61. The largest absolute Gasteiger partial charge is 0.328 e. The van der Waals surface area contributed by atoms with Gasteiger partial charge in [-0.25, -0.2) is 0 Å². The zero-order valence-electron chi connectivity index (χ0n) is 11.1. The summed E-state index contributed by atoms with van der Waals surface area (Å²) in [7, 11) is 0. The Morgan fingerprint density at radius 3 is 1.50 bits per heavy atom. The van der Waals surface area contributed by atoms with Gasteiger partial charge < -0.3 is 5.73 Å². The number of hydrogen-bond acceptors (Lipinski definition) is 1. The molecule has 0 saturated heterocycles. The fraction of sp³-hybridized carbons (Fsp3) is 1.00. The molecule has 2 N–H and O–H groups in total. The summed E-state index contributed by atoms with van der Waals surface area (Å²) < 4.78 is 0. The molecule has 0 aliphatic carbocycles. The summed E-state index contributed by atoms with van der Waals surface area (Å²) in [5.41, 5.74) is 5.75. The van der Waals surface area contributed by atoms with Gasteiger partial charge in [0, 0.05) is 6.04 Å². The molecule has 0 aliphatic heterocycles. The Kier molecular flexibility index (Phi) is 12.9. The second-order valence-corrected chi connectivity index (χ2v) is 4.72. The number of rotatable bonds is 5. The van der Waals surface area contributed by atoms with Crippen molar-refractivity contribution in [1.82, 2.24) is 0 Å². The molecule has 0 aliphatic rings. The van der Waals surface area contributed by atoms with E-state index in [4.69, 9.17) is 5.73 Å². The van der Waals surface area contributed by atoms with Crippen LogP contribution in [0.3, 0.4) is 0 Å². The maximum Gasteiger partial charge on any atom is 0.00387 e. The van der Waals surface area contributed by atoms with Gasteiger partial charge in [0.05, 0.1) is 0 Å². The number of hydrogen-bond donors (Lipinski definition) is 1. The normalized spacial score (nSPS) is 14.6. The minimum atomic E-state index is 0.431. The molecule has 2 unspecified atom stereocenters. The van der Waals surface area contributed by atoms with Crippen LogP contribution >= 0.6 is 0 Å². The van der Waals surface area contributed by atoms with E-state index in [1.54, 1.807) is 0 Å². The average molecular weight is 201 g/mol. The van der Waals surface area contributed by atoms with E-state index >= 15 is 0 Å². The Hall–Kier alpha value is -0.0400. The molecule has 0 spiro atoms. The van der Waals surface area contributed by atoms with Crippen molar-refractivity contribution in [3.05, 3.63) is 0 Å². The fourth-order valence-electron chi connectivity index (χ4n) is 0.850. The van der Waals surface area contributed by atoms with Crippen LogP contribution in [0.1, 0.15) is 67.2 Å². The molecule has 0 aromatic heterocycles. The molecule has 0 saturated carbocycles. The first kappa shape index (κ1) is 16.4. The highest BCUT2D eigenvalue weighted by Gasteiger charge is 2.03. The summed E-state index contributed by atoms with van der Waals surface area (Å²) in [6.07, 6.45) is 4.87. The van der Waals surface area contributed by atoms with Crippen molar-refractivity contribution in [3.63, 3.8) is 0 Å². The summed E-state index contributed by atoms with van der Waals surface area (Å²) in [5.74, 6) is 1.69. The summed E-state index contributed by atoms with van der Waals surface area (Å²) >= 11 is 0. The van der Waals surface area contributed by atoms with E-state index in [0.717, 1.165) is 18.3 Å². The van der Waals surface area contributed by atoms with Crippen LogP contribution in [-0.4, -0.2) is 6.04 Å². The molecular weight excluding hydrogens is 170 g/mol. The van der Waals surface area contributed by atoms with E-state index in [1.807, 2.05) is 0 Å². The second-order valence-electron chi connectivity index (χ2n) is 4.72. The fourth-order valence-corrected chi connectivity index (χ4v) is 0.850. The lowest BCUT2D eigenvalue weighted by atomic mass is 9.99. The molecule has 0 rings (SSSR count). The lowest BCUT2D eigenvalue weighted by Crippen LogP contribution is -2.21. The maximum atomic E-state index is 5.75. The van der Waals surface area contributed by atoms with Crippen molar-refractivity contribution >= 4 is 0 Å². The molecule has 14 heavy (non-hydrogen) atoms. The minimum Gasteiger partial charge on any atom is -0.328 e. The van der Waals surface area contributed by atoms with Gasteiger partial charge in [-0.3, -0.25) is 0 Å². The van der Waals surface area contributed by atoms with E-state index in [0.29, 0.717) is 6.04 Å². The van der Waals surface area contributed by atoms with Crippen LogP contribution in [0.25, 0.3) is 0 Å². The van der Waals surface area contributed by atoms with Crippen molar-refractivity contribution in [2.45, 2.75) is 73.3 Å². The SMILES string of the molecule is CCC(C)C.CCC(C)CC(N)CC. The van der Waals surface area contributed by atoms with E-state index in [2.05, 4.69) is 41.5 Å². The standard InChI is InChI=1S/C8H19N.C5H12/c1-4-7(3)6-8(9)5-2;1-4-5(2)3/h7-8H,4-6,9H2,1-3H3;5H,4H2,1-3H3. The van der Waals surface area contributed by atoms with E-state index in [9.17, 15) is 0 Å². The van der Waals surface area contributed by atoms with Crippen molar-refractivity contribution < 1.29 is 0 Å². The molecule has 0 fully saturated rings. The molecule has 0 aromatic carbocycles. The molecule has 0 heterocycles. The lowest BCUT2D eigenvalue weighted by Gasteiger charge is -2.12. The van der Waals surface area contributed by atoms with Gasteiger partial charge in [0.15, 0.2) is 0 Å². The summed E-state index contributed by atoms with van der Waals surface area (Å²) in [5, 5.41) is 0. The highest BCUT2D eigenvalue weighted by atomic mass is 14.6. The van der Waals surface area contributed by atoms with Crippen molar-refractivity contribution in [2.75, 3.05) is 0 Å². The Bertz CT molecular complexity index is 91.4. The summed E-state index contributed by atoms with van der Waals surface area (Å²) in [4.78, 5) is 0. The molecule has 1 heteroatoms. The Morgan fingerprint density at radius 2 is 1.29 bits per heavy atom. The van der Waals surface area contributed by atoms with Crippen LogP contribution in [0.5, 0.6) is 0 Å². The van der Waals surface area contributed by atoms with Crippen LogP contribution in [0.15, 0.2) is 0 Å². The topological polar surface area (TPSA) is 26.0 Å². The van der Waals surface area contributed by atoms with Gasteiger partial charge in [-0.2, -0.15) is 0 Å². The molecule has 0 amide bonds. The van der Waals surface area contributed by atoms with E-state index < -0.39 is 0 Å². The van der Waals surface area contributed by atoms with Gasteiger partial charge >= 0.3 is 0 Å². The zero-order valence-corrected chi connectivity index (χ0v) is 11.1. The van der Waals surface area contributed by atoms with E-state index in [1.165, 1.54) is 19.3 Å². The van der Waals surface area contributed by atoms with Crippen molar-refractivity contribution in [3.8, 4) is 0 Å². The minimum absolute atomic E-state index is 0.431. The molecule has 0 bridgehead atoms. The predicted molar refractivity (Wildman–Crippen MR) is 67.5 cm³/mol. The average Bonchev–Trinajstić information content (AvgIpc) is 2.18. The Balaban J connectivity index is 0. The quantitative estimate of drug-likeness (QED) is 0.708. The first-order valence-electron chi connectivity index (χ1n) is 6.23. The third kappa shape index (κ3) is 14.5. The summed E-state index contributed by atoms with van der Waals surface area (Å²) in [6, 6.07) is 0.431. The van der Waals surface area contributed by atoms with Crippen LogP contribution in [0.4, 0.5) is 0 Å². The molecule has 88 valence electrons. The van der Waals surface area contributed by atoms with Crippen molar-refractivity contribution in [1.29, 1.82) is 0 Å². The molecule has 0 radical (unpaired) electrons. The summed E-state index contributed by atoms with van der Waals surface area (Å²) in [6.45, 7) is 13.3. The maximum absolute atomic E-state index is 5.75. The molecule has 1 nitrogen and oxygen atoms in total. The molecular formula is C13H31N. The Morgan fingerprint density at radius 1 is 0.857 bits per heavy atom. The monoisotopic (exact) mass is 201 g/mol. The van der Waals surface area contributed by atoms with Crippen LogP contribution in [0.2, 0.25) is 0 Å². The predicted octanol–water partition coefficient (Wildman–Crippen LogP) is 4.21.